The maximum atomic E-state index is 12.7. The number of fused-ring (bicyclic) bond motifs is 2. The Labute approximate surface area is 168 Å². The second-order valence-electron chi connectivity index (χ2n) is 7.44. The SMILES string of the molecule is O=C1COc2ccc(C(=O)NC(CC3CCCc4ccccc43)C(=O)O)cc2N1. The summed E-state index contributed by atoms with van der Waals surface area (Å²) in [7, 11) is 0. The minimum atomic E-state index is -1.06. The second kappa shape index (κ2) is 7.95. The first-order chi connectivity index (χ1) is 14.0. The number of carboxylic acid groups (broad SMARTS) is 1. The lowest BCUT2D eigenvalue weighted by atomic mass is 9.79. The average Bonchev–Trinajstić information content (AvgIpc) is 2.72. The third-order valence-electron chi connectivity index (χ3n) is 5.49. The molecule has 0 spiro atoms. The summed E-state index contributed by atoms with van der Waals surface area (Å²) in [5.41, 5.74) is 3.10. The van der Waals surface area contributed by atoms with Crippen molar-refractivity contribution < 1.29 is 24.2 Å². The van der Waals surface area contributed by atoms with Crippen LogP contribution in [0.4, 0.5) is 5.69 Å². The number of hydrogen-bond acceptors (Lipinski definition) is 4. The monoisotopic (exact) mass is 394 g/mol. The van der Waals surface area contributed by atoms with Gasteiger partial charge in [0.25, 0.3) is 11.8 Å². The largest absolute Gasteiger partial charge is 0.482 e. The van der Waals surface area contributed by atoms with E-state index in [0.717, 1.165) is 19.3 Å². The number of hydrogen-bond donors (Lipinski definition) is 3. The molecular weight excluding hydrogens is 372 g/mol. The molecule has 0 saturated heterocycles. The Kier molecular flexibility index (Phi) is 5.20. The van der Waals surface area contributed by atoms with Gasteiger partial charge in [-0.2, -0.15) is 0 Å². The Morgan fingerprint density at radius 3 is 2.90 bits per heavy atom. The van der Waals surface area contributed by atoms with E-state index in [1.165, 1.54) is 17.2 Å². The van der Waals surface area contributed by atoms with E-state index in [1.807, 2.05) is 18.2 Å². The van der Waals surface area contributed by atoms with Crippen molar-refractivity contribution in [2.45, 2.75) is 37.6 Å². The predicted octanol–water partition coefficient (Wildman–Crippen LogP) is 2.71. The van der Waals surface area contributed by atoms with Crippen LogP contribution < -0.4 is 15.4 Å². The number of carboxylic acids is 1. The molecule has 2 unspecified atom stereocenters. The molecule has 2 aromatic carbocycles. The van der Waals surface area contributed by atoms with Gasteiger partial charge in [-0.3, -0.25) is 9.59 Å². The van der Waals surface area contributed by atoms with Gasteiger partial charge in [0.15, 0.2) is 6.61 Å². The number of nitrogens with one attached hydrogen (secondary N) is 2. The Bertz CT molecular complexity index is 971. The Morgan fingerprint density at radius 2 is 2.07 bits per heavy atom. The van der Waals surface area contributed by atoms with E-state index in [1.54, 1.807) is 12.1 Å². The molecule has 1 aliphatic carbocycles. The fourth-order valence-electron chi connectivity index (χ4n) is 4.07. The molecule has 0 aromatic heterocycles. The second-order valence-corrected chi connectivity index (χ2v) is 7.44. The van der Waals surface area contributed by atoms with Gasteiger partial charge in [-0.1, -0.05) is 24.3 Å². The van der Waals surface area contributed by atoms with Crippen molar-refractivity contribution in [2.24, 2.45) is 0 Å². The van der Waals surface area contributed by atoms with E-state index in [9.17, 15) is 19.5 Å². The van der Waals surface area contributed by atoms with E-state index >= 15 is 0 Å². The molecule has 150 valence electrons. The molecule has 7 heteroatoms. The first-order valence-corrected chi connectivity index (χ1v) is 9.69. The summed E-state index contributed by atoms with van der Waals surface area (Å²) in [5, 5.41) is 15.0. The minimum absolute atomic E-state index is 0.0670. The number of amides is 2. The summed E-state index contributed by atoms with van der Waals surface area (Å²) >= 11 is 0. The fraction of sp³-hybridized carbons (Fsp3) is 0.318. The first-order valence-electron chi connectivity index (χ1n) is 9.69. The number of anilines is 1. The normalized spacial score (nSPS) is 18.5. The lowest BCUT2D eigenvalue weighted by molar-refractivity contribution is -0.139. The van der Waals surface area contributed by atoms with Crippen LogP contribution in [0.25, 0.3) is 0 Å². The van der Waals surface area contributed by atoms with E-state index in [4.69, 9.17) is 4.74 Å². The van der Waals surface area contributed by atoms with Crippen molar-refractivity contribution in [3.05, 3.63) is 59.2 Å². The maximum absolute atomic E-state index is 12.7. The van der Waals surface area contributed by atoms with Crippen molar-refractivity contribution >= 4 is 23.5 Å². The molecule has 29 heavy (non-hydrogen) atoms. The van der Waals surface area contributed by atoms with Gasteiger partial charge in [0.2, 0.25) is 0 Å². The van der Waals surface area contributed by atoms with Crippen LogP contribution in [0.3, 0.4) is 0 Å². The summed E-state index contributed by atoms with van der Waals surface area (Å²) in [6.07, 6.45) is 3.24. The van der Waals surface area contributed by atoms with Gasteiger partial charge < -0.3 is 20.5 Å². The summed E-state index contributed by atoms with van der Waals surface area (Å²) < 4.78 is 5.29. The lowest BCUT2D eigenvalue weighted by Crippen LogP contribution is -2.42. The quantitative estimate of drug-likeness (QED) is 0.723. The number of ether oxygens (including phenoxy) is 1. The molecule has 7 nitrogen and oxygen atoms in total. The van der Waals surface area contributed by atoms with Crippen LogP contribution in [-0.4, -0.2) is 35.5 Å². The molecule has 4 rings (SSSR count). The highest BCUT2D eigenvalue weighted by Crippen LogP contribution is 2.35. The molecule has 0 saturated carbocycles. The van der Waals surface area contributed by atoms with Gasteiger partial charge in [-0.05, 0) is 60.9 Å². The van der Waals surface area contributed by atoms with Gasteiger partial charge in [-0.15, -0.1) is 0 Å². The van der Waals surface area contributed by atoms with Crippen LogP contribution >= 0.6 is 0 Å². The minimum Gasteiger partial charge on any atom is -0.482 e. The molecule has 2 amide bonds. The topological polar surface area (TPSA) is 105 Å². The summed E-state index contributed by atoms with van der Waals surface area (Å²) in [6, 6.07) is 11.7. The van der Waals surface area contributed by atoms with Crippen LogP contribution in [0.15, 0.2) is 42.5 Å². The third kappa shape index (κ3) is 4.08. The number of carbonyl (C=O) groups excluding carboxylic acids is 2. The first kappa shape index (κ1) is 19.0. The molecule has 2 aliphatic rings. The number of rotatable bonds is 5. The zero-order valence-corrected chi connectivity index (χ0v) is 15.8. The number of benzene rings is 2. The molecular formula is C22H22N2O5. The van der Waals surface area contributed by atoms with E-state index in [-0.39, 0.29) is 24.0 Å². The highest BCUT2D eigenvalue weighted by Gasteiger charge is 2.29. The molecule has 1 aliphatic heterocycles. The van der Waals surface area contributed by atoms with E-state index in [2.05, 4.69) is 16.7 Å². The zero-order valence-electron chi connectivity index (χ0n) is 15.8. The molecule has 0 fully saturated rings. The zero-order chi connectivity index (χ0) is 20.4. The van der Waals surface area contributed by atoms with Crippen LogP contribution in [0.1, 0.15) is 46.7 Å². The van der Waals surface area contributed by atoms with Crippen molar-refractivity contribution in [1.29, 1.82) is 0 Å². The Balaban J connectivity index is 1.49. The van der Waals surface area contributed by atoms with Crippen molar-refractivity contribution in [1.82, 2.24) is 5.32 Å². The smallest absolute Gasteiger partial charge is 0.326 e. The van der Waals surface area contributed by atoms with Crippen molar-refractivity contribution in [2.75, 3.05) is 11.9 Å². The Morgan fingerprint density at radius 1 is 1.24 bits per heavy atom. The number of carbonyl (C=O) groups is 3. The van der Waals surface area contributed by atoms with Crippen molar-refractivity contribution in [3.8, 4) is 5.75 Å². The van der Waals surface area contributed by atoms with Gasteiger partial charge in [0.1, 0.15) is 11.8 Å². The van der Waals surface area contributed by atoms with Crippen LogP contribution in [0, 0.1) is 0 Å². The Hall–Kier alpha value is -3.35. The fourth-order valence-corrected chi connectivity index (χ4v) is 4.07. The number of aliphatic carboxylic acids is 1. The van der Waals surface area contributed by atoms with Gasteiger partial charge >= 0.3 is 5.97 Å². The summed E-state index contributed by atoms with van der Waals surface area (Å²) in [6.45, 7) is -0.0670. The summed E-state index contributed by atoms with van der Waals surface area (Å²) in [4.78, 5) is 36.0. The number of aryl methyl sites for hydroxylation is 1. The van der Waals surface area contributed by atoms with Gasteiger partial charge in [0.05, 0.1) is 5.69 Å². The van der Waals surface area contributed by atoms with Crippen molar-refractivity contribution in [3.63, 3.8) is 0 Å². The van der Waals surface area contributed by atoms with E-state index < -0.39 is 17.9 Å². The standard InChI is InChI=1S/C22H22N2O5/c25-20-12-29-19-9-8-15(11-17(19)23-20)21(26)24-18(22(27)28)10-14-6-3-5-13-4-1-2-7-16(13)14/h1-2,4,7-9,11,14,18H,3,5-6,10,12H2,(H,23,25)(H,24,26)(H,27,28). The van der Waals surface area contributed by atoms with Gasteiger partial charge in [0, 0.05) is 5.56 Å². The molecule has 3 N–H and O–H groups in total. The lowest BCUT2D eigenvalue weighted by Gasteiger charge is -2.28. The third-order valence-corrected chi connectivity index (χ3v) is 5.49. The highest BCUT2D eigenvalue weighted by atomic mass is 16.5. The van der Waals surface area contributed by atoms with Crippen LogP contribution in [0.2, 0.25) is 0 Å². The highest BCUT2D eigenvalue weighted by molar-refractivity contribution is 6.00. The maximum Gasteiger partial charge on any atom is 0.326 e. The average molecular weight is 394 g/mol. The summed E-state index contributed by atoms with van der Waals surface area (Å²) in [5.74, 6) is -1.28. The van der Waals surface area contributed by atoms with E-state index in [0.29, 0.717) is 17.9 Å². The predicted molar refractivity (Wildman–Crippen MR) is 106 cm³/mol. The van der Waals surface area contributed by atoms with Crippen LogP contribution in [0.5, 0.6) is 5.75 Å². The molecule has 2 aromatic rings. The molecule has 2 atom stereocenters. The molecule has 1 heterocycles. The van der Waals surface area contributed by atoms with Gasteiger partial charge in [-0.25, -0.2) is 4.79 Å². The molecule has 0 bridgehead atoms. The van der Waals surface area contributed by atoms with Crippen LogP contribution in [-0.2, 0) is 16.0 Å². The molecule has 0 radical (unpaired) electrons.